The molecule has 20 rings (SSSR count). The van der Waals surface area contributed by atoms with Crippen molar-refractivity contribution in [2.24, 2.45) is 0 Å². The summed E-state index contributed by atoms with van der Waals surface area (Å²) in [7, 11) is 0. The van der Waals surface area contributed by atoms with Crippen LogP contribution in [0.5, 0.6) is 0 Å². The van der Waals surface area contributed by atoms with Crippen LogP contribution in [0.1, 0.15) is 0 Å². The second-order valence-electron chi connectivity index (χ2n) is 25.0. The van der Waals surface area contributed by atoms with E-state index in [1.165, 1.54) is 88.0 Å². The molecule has 20 aromatic rings. The molecule has 0 radical (unpaired) electrons. The highest BCUT2D eigenvalue weighted by Crippen LogP contribution is 2.39. The summed E-state index contributed by atoms with van der Waals surface area (Å²) in [4.78, 5) is 23.9. The number of para-hydroxylation sites is 3. The molecule has 0 N–H and O–H groups in total. The van der Waals surface area contributed by atoms with Crippen molar-refractivity contribution in [3.05, 3.63) is 376 Å². The van der Waals surface area contributed by atoms with Crippen LogP contribution in [0.2, 0.25) is 0 Å². The Hall–Kier alpha value is -11.7. The zero-order valence-electron chi connectivity index (χ0n) is 55.6. The maximum atomic E-state index is 4.89. The number of halogens is 4. The van der Waals surface area contributed by atoms with Crippen molar-refractivity contribution >= 4 is 151 Å². The lowest BCUT2D eigenvalue weighted by Crippen LogP contribution is -2.06. The number of hydrogen-bond donors (Lipinski definition) is 0. The molecule has 0 aliphatic carbocycles. The van der Waals surface area contributed by atoms with Crippen molar-refractivity contribution < 1.29 is 0 Å². The van der Waals surface area contributed by atoms with Crippen LogP contribution in [0, 0.1) is 0 Å². The predicted octanol–water partition coefficient (Wildman–Crippen LogP) is 25.8. The molecule has 7 aromatic heterocycles. The molecule has 0 amide bonds. The number of benzene rings is 13. The first-order valence-electron chi connectivity index (χ1n) is 34.0. The van der Waals surface area contributed by atoms with Gasteiger partial charge < -0.3 is 9.13 Å². The van der Waals surface area contributed by atoms with Gasteiger partial charge in [0.25, 0.3) is 0 Å². The van der Waals surface area contributed by atoms with Gasteiger partial charge in [0, 0.05) is 102 Å². The molecule has 0 saturated heterocycles. The maximum Gasteiger partial charge on any atom is 0.240 e. The minimum Gasteiger partial charge on any atom is -0.309 e. The number of hydrogen-bond acceptors (Lipinski definition) is 5. The normalized spacial score (nSPS) is 11.3. The van der Waals surface area contributed by atoms with Crippen LogP contribution >= 0.6 is 63.7 Å². The van der Waals surface area contributed by atoms with Gasteiger partial charge in [-0.15, -0.1) is 0 Å². The quantitative estimate of drug-likeness (QED) is 0.151. The third-order valence-corrected chi connectivity index (χ3v) is 20.6. The molecule has 0 atom stereocenters. The van der Waals surface area contributed by atoms with E-state index in [9.17, 15) is 0 Å². The van der Waals surface area contributed by atoms with E-state index >= 15 is 0 Å². The van der Waals surface area contributed by atoms with E-state index in [-0.39, 0.29) is 0 Å². The van der Waals surface area contributed by atoms with Crippen LogP contribution in [-0.2, 0) is 0 Å². The Kier molecular flexibility index (Phi) is 18.3. The molecular formula is C91H59Br4N9. The Bertz CT molecular complexity index is 6460. The van der Waals surface area contributed by atoms with E-state index in [1.54, 1.807) is 6.20 Å². The number of fused-ring (bicyclic) bond motifs is 12. The van der Waals surface area contributed by atoms with Crippen molar-refractivity contribution in [2.75, 3.05) is 0 Å². The Balaban J connectivity index is 0.000000104. The van der Waals surface area contributed by atoms with Crippen LogP contribution in [-0.4, -0.2) is 43.2 Å². The zero-order chi connectivity index (χ0) is 70.0. The molecule has 7 heterocycles. The van der Waals surface area contributed by atoms with Crippen LogP contribution < -0.4 is 0 Å². The molecule has 0 fully saturated rings. The van der Waals surface area contributed by atoms with Crippen LogP contribution in [0.4, 0.5) is 0 Å². The molecule has 9 nitrogen and oxygen atoms in total. The topological polar surface area (TPSA) is 84.2 Å². The number of nitrogens with zero attached hydrogens (tertiary/aromatic N) is 9. The molecule has 13 heteroatoms. The van der Waals surface area contributed by atoms with Crippen LogP contribution in [0.3, 0.4) is 0 Å². The van der Waals surface area contributed by atoms with E-state index in [0.29, 0.717) is 17.6 Å². The summed E-state index contributed by atoms with van der Waals surface area (Å²) in [6.45, 7) is 0. The highest BCUT2D eigenvalue weighted by molar-refractivity contribution is 9.11. The average molecular weight is 1600 g/mol. The van der Waals surface area contributed by atoms with Gasteiger partial charge in [-0.05, 0) is 144 Å². The fraction of sp³-hybridized carbons (Fsp3) is 0. The first kappa shape index (κ1) is 65.6. The average Bonchev–Trinajstić information content (AvgIpc) is 1.61. The van der Waals surface area contributed by atoms with E-state index in [2.05, 4.69) is 336 Å². The van der Waals surface area contributed by atoms with E-state index in [1.807, 2.05) is 108 Å². The third kappa shape index (κ3) is 12.9. The Labute approximate surface area is 633 Å². The highest BCUT2D eigenvalue weighted by Gasteiger charge is 2.21. The minimum absolute atomic E-state index is 0.537. The summed E-state index contributed by atoms with van der Waals surface area (Å²) in [6, 6.07) is 120. The lowest BCUT2D eigenvalue weighted by Gasteiger charge is -2.10. The molecule has 0 aliphatic heterocycles. The van der Waals surface area contributed by atoms with E-state index in [4.69, 9.17) is 15.0 Å². The summed E-state index contributed by atoms with van der Waals surface area (Å²) >= 11 is 14.4. The number of rotatable bonds is 8. The summed E-state index contributed by atoms with van der Waals surface area (Å²) in [5, 5.41) is 9.66. The Morgan fingerprint density at radius 1 is 0.202 bits per heavy atom. The van der Waals surface area contributed by atoms with Crippen LogP contribution in [0.15, 0.2) is 376 Å². The van der Waals surface area contributed by atoms with Gasteiger partial charge in [-0.2, -0.15) is 9.97 Å². The van der Waals surface area contributed by atoms with Crippen molar-refractivity contribution in [3.63, 3.8) is 0 Å². The van der Waals surface area contributed by atoms with Crippen molar-refractivity contribution in [3.8, 4) is 68.0 Å². The fourth-order valence-corrected chi connectivity index (χ4v) is 15.3. The summed E-state index contributed by atoms with van der Waals surface area (Å²) in [5.74, 6) is 1.78. The fourth-order valence-electron chi connectivity index (χ4n) is 13.9. The number of pyridine rings is 2. The first-order valence-corrected chi connectivity index (χ1v) is 37.1. The van der Waals surface area contributed by atoms with E-state index < -0.39 is 0 Å². The van der Waals surface area contributed by atoms with Gasteiger partial charge in [0.15, 0.2) is 11.6 Å². The predicted molar refractivity (Wildman–Crippen MR) is 445 cm³/mol. The lowest BCUT2D eigenvalue weighted by atomic mass is 10.1. The summed E-state index contributed by atoms with van der Waals surface area (Å²) in [6.07, 6.45) is 3.65. The first-order chi connectivity index (χ1) is 51.2. The molecule has 13 aromatic carbocycles. The van der Waals surface area contributed by atoms with Gasteiger partial charge >= 0.3 is 0 Å². The van der Waals surface area contributed by atoms with Crippen molar-refractivity contribution in [1.29, 1.82) is 0 Å². The molecule has 0 spiro atoms. The third-order valence-electron chi connectivity index (χ3n) is 18.6. The van der Waals surface area contributed by atoms with E-state index in [0.717, 1.165) is 67.8 Å². The number of aromatic nitrogens is 9. The molecule has 104 heavy (non-hydrogen) atoms. The standard InChI is InChI=1S/C26H16BrN5.C24H16BrN.C23H15BrN2.C18H12BrN/c27-19-13-14-20-21-12-7-15-28-25(21)32(22(20)16-19)26-30-23(17-8-3-1-4-9-17)29-24(31-26)18-10-5-2-6-11-18;25-19-12-15-22-21-8-4-5-9-23(21)26(24(22)16-19)20-13-10-18(11-14-20)17-6-2-1-3-7-17;24-18-11-12-20-21-10-5-13-25-23(21)26(22(20)15-18)19-9-4-8-17(14-19)16-6-2-1-3-7-16;19-13-10-11-16-15-8-4-5-9-17(15)20(18(16)12-13)14-6-2-1-3-7-14/h1-16H;1-16H;1-15H;1-12H. The van der Waals surface area contributed by atoms with Gasteiger partial charge in [-0.1, -0.05) is 288 Å². The zero-order valence-corrected chi connectivity index (χ0v) is 61.9. The smallest absolute Gasteiger partial charge is 0.240 e. The van der Waals surface area contributed by atoms with Gasteiger partial charge in [0.2, 0.25) is 5.95 Å². The molecule has 0 saturated carbocycles. The largest absolute Gasteiger partial charge is 0.309 e. The van der Waals surface area contributed by atoms with Gasteiger partial charge in [0.1, 0.15) is 11.3 Å². The minimum atomic E-state index is 0.537. The van der Waals surface area contributed by atoms with Crippen molar-refractivity contribution in [1.82, 2.24) is 43.2 Å². The molecule has 0 aliphatic rings. The maximum absolute atomic E-state index is 4.89. The Morgan fingerprint density at radius 2 is 0.529 bits per heavy atom. The lowest BCUT2D eigenvalue weighted by molar-refractivity contribution is 0.944. The Morgan fingerprint density at radius 3 is 1.00 bits per heavy atom. The molecular weight excluding hydrogens is 1540 g/mol. The second-order valence-corrected chi connectivity index (χ2v) is 28.6. The molecule has 0 bridgehead atoms. The van der Waals surface area contributed by atoms with Crippen LogP contribution in [0.25, 0.3) is 156 Å². The molecule has 0 unspecified atom stereocenters. The van der Waals surface area contributed by atoms with Gasteiger partial charge in [0.05, 0.1) is 33.1 Å². The SMILES string of the molecule is Brc1ccc2c3ccccc3n(-c3ccc(-c4ccccc4)cc3)c2c1.Brc1ccc2c3ccccc3n(-c3ccccc3)c2c1.Brc1ccc2c3cccnc3n(-c3cccc(-c4ccccc4)c3)c2c1.Brc1ccc2c3cccnc3n(-c3nc(-c4ccccc4)nc(-c4ccccc4)n3)c2c1. The highest BCUT2D eigenvalue weighted by atomic mass is 79.9. The van der Waals surface area contributed by atoms with Gasteiger partial charge in [-0.3, -0.25) is 9.13 Å². The van der Waals surface area contributed by atoms with Gasteiger partial charge in [-0.25, -0.2) is 15.0 Å². The summed E-state index contributed by atoms with van der Waals surface area (Å²) < 4.78 is 13.1. The van der Waals surface area contributed by atoms with Crippen molar-refractivity contribution in [2.45, 2.75) is 0 Å². The summed E-state index contributed by atoms with van der Waals surface area (Å²) in [5.41, 5.74) is 19.1. The second kappa shape index (κ2) is 29.0. The molecule has 496 valence electrons. The monoisotopic (exact) mass is 1590 g/mol.